The lowest BCUT2D eigenvalue weighted by atomic mass is 10.1. The summed E-state index contributed by atoms with van der Waals surface area (Å²) in [5, 5.41) is 14.3. The van der Waals surface area contributed by atoms with Gasteiger partial charge in [-0.25, -0.2) is 9.59 Å². The molecule has 1 atom stereocenters. The van der Waals surface area contributed by atoms with E-state index in [1.165, 1.54) is 6.20 Å². The highest BCUT2D eigenvalue weighted by molar-refractivity contribution is 5.94. The number of para-hydroxylation sites is 1. The summed E-state index contributed by atoms with van der Waals surface area (Å²) in [5.74, 6) is 0.310. The minimum atomic E-state index is -1.05. The first-order valence-electron chi connectivity index (χ1n) is 10.8. The maximum atomic E-state index is 12.4. The van der Waals surface area contributed by atoms with Crippen LogP contribution >= 0.6 is 0 Å². The van der Waals surface area contributed by atoms with E-state index in [1.807, 2.05) is 51.1 Å². The fraction of sp³-hybridized carbons (Fsp3) is 0.320. The van der Waals surface area contributed by atoms with Gasteiger partial charge in [-0.2, -0.15) is 5.10 Å². The summed E-state index contributed by atoms with van der Waals surface area (Å²) in [6.45, 7) is 6.43. The number of amides is 1. The van der Waals surface area contributed by atoms with Crippen molar-refractivity contribution < 1.29 is 24.2 Å². The smallest absolute Gasteiger partial charge is 0.410 e. The zero-order valence-corrected chi connectivity index (χ0v) is 18.9. The predicted octanol–water partition coefficient (Wildman–Crippen LogP) is 5.22. The van der Waals surface area contributed by atoms with Crippen LogP contribution < -0.4 is 4.74 Å². The monoisotopic (exact) mass is 449 g/mol. The number of aromatic nitrogens is 2. The van der Waals surface area contributed by atoms with Crippen LogP contribution in [0, 0.1) is 0 Å². The summed E-state index contributed by atoms with van der Waals surface area (Å²) in [5.41, 5.74) is 0.599. The second-order valence-electron chi connectivity index (χ2n) is 8.98. The fourth-order valence-electron chi connectivity index (χ4n) is 3.70. The third-order valence-electron chi connectivity index (χ3n) is 5.26. The number of nitrogens with zero attached hydrogens (tertiary/aromatic N) is 3. The summed E-state index contributed by atoms with van der Waals surface area (Å²) in [6, 6.07) is 16.4. The molecule has 1 saturated heterocycles. The molecule has 0 radical (unpaired) electrons. The second-order valence-corrected chi connectivity index (χ2v) is 8.98. The normalized spacial score (nSPS) is 16.0. The summed E-state index contributed by atoms with van der Waals surface area (Å²) < 4.78 is 12.9. The summed E-state index contributed by atoms with van der Waals surface area (Å²) in [6.07, 6.45) is 1.84. The highest BCUT2D eigenvalue weighted by Gasteiger charge is 2.32. The van der Waals surface area contributed by atoms with Gasteiger partial charge in [0.1, 0.15) is 28.4 Å². The maximum absolute atomic E-state index is 12.4. The van der Waals surface area contributed by atoms with Gasteiger partial charge in [-0.3, -0.25) is 4.68 Å². The molecule has 2 heterocycles. The molecule has 4 rings (SSSR count). The molecule has 0 spiro atoms. The Bertz CT molecular complexity index is 1130. The van der Waals surface area contributed by atoms with Crippen LogP contribution in [-0.2, 0) is 4.74 Å². The number of carboxylic acid groups (broad SMARTS) is 1. The van der Waals surface area contributed by atoms with Gasteiger partial charge in [0.25, 0.3) is 0 Å². The van der Waals surface area contributed by atoms with Gasteiger partial charge in [-0.1, -0.05) is 18.2 Å². The Hall–Kier alpha value is -3.81. The molecular weight excluding hydrogens is 422 g/mol. The molecule has 0 aliphatic carbocycles. The van der Waals surface area contributed by atoms with Crippen LogP contribution in [0.2, 0.25) is 0 Å². The predicted molar refractivity (Wildman–Crippen MR) is 123 cm³/mol. The van der Waals surface area contributed by atoms with E-state index in [0.29, 0.717) is 36.5 Å². The Morgan fingerprint density at radius 1 is 1.03 bits per heavy atom. The molecule has 1 fully saturated rings. The lowest BCUT2D eigenvalue weighted by molar-refractivity contribution is 0.0288. The molecule has 1 aliphatic heterocycles. The number of carbonyl (C=O) groups is 2. The Labute approximate surface area is 192 Å². The van der Waals surface area contributed by atoms with E-state index in [2.05, 4.69) is 5.10 Å². The van der Waals surface area contributed by atoms with Crippen molar-refractivity contribution in [3.8, 4) is 22.8 Å². The Balaban J connectivity index is 1.52. The molecule has 33 heavy (non-hydrogen) atoms. The molecule has 1 N–H and O–H groups in total. The molecule has 0 bridgehead atoms. The highest BCUT2D eigenvalue weighted by Crippen LogP contribution is 2.30. The number of benzene rings is 2. The molecule has 172 valence electrons. The molecule has 8 heteroatoms. The number of hydrogen-bond acceptors (Lipinski definition) is 5. The lowest BCUT2D eigenvalue weighted by Crippen LogP contribution is -2.35. The molecule has 0 unspecified atom stereocenters. The minimum absolute atomic E-state index is 0.113. The number of carboxylic acids is 1. The third-order valence-corrected chi connectivity index (χ3v) is 5.26. The van der Waals surface area contributed by atoms with E-state index in [1.54, 1.807) is 33.8 Å². The number of likely N-dealkylation sites (tertiary alicyclic amines) is 1. The van der Waals surface area contributed by atoms with Gasteiger partial charge < -0.3 is 19.5 Å². The second kappa shape index (κ2) is 8.97. The molecular formula is C25H27N3O5. The van der Waals surface area contributed by atoms with Crippen LogP contribution in [0.5, 0.6) is 11.5 Å². The quantitative estimate of drug-likeness (QED) is 0.574. The van der Waals surface area contributed by atoms with Gasteiger partial charge in [0, 0.05) is 24.8 Å². The van der Waals surface area contributed by atoms with Crippen LogP contribution in [0.4, 0.5) is 4.79 Å². The van der Waals surface area contributed by atoms with Gasteiger partial charge in [-0.05, 0) is 63.6 Å². The van der Waals surface area contributed by atoms with Crippen molar-refractivity contribution in [3.05, 3.63) is 66.4 Å². The number of carbonyl (C=O) groups excluding carboxylic acids is 1. The fourth-order valence-corrected chi connectivity index (χ4v) is 3.70. The van der Waals surface area contributed by atoms with E-state index in [9.17, 15) is 14.7 Å². The SMILES string of the molecule is CC(C)(C)OC(=O)N1CC[C@H](n2cc(C(=O)O)c(-c3ccc(Oc4ccccc4)cc3)n2)C1. The molecule has 8 nitrogen and oxygen atoms in total. The van der Waals surface area contributed by atoms with Gasteiger partial charge in [0.15, 0.2) is 0 Å². The van der Waals surface area contributed by atoms with E-state index in [0.717, 1.165) is 5.75 Å². The summed E-state index contributed by atoms with van der Waals surface area (Å²) in [7, 11) is 0. The Morgan fingerprint density at radius 2 is 1.70 bits per heavy atom. The van der Waals surface area contributed by atoms with Crippen LogP contribution in [0.15, 0.2) is 60.8 Å². The number of aromatic carboxylic acids is 1. The minimum Gasteiger partial charge on any atom is -0.478 e. The van der Waals surface area contributed by atoms with Gasteiger partial charge in [0.05, 0.1) is 6.04 Å². The molecule has 0 saturated carbocycles. The average molecular weight is 450 g/mol. The van der Waals surface area contributed by atoms with Crippen molar-refractivity contribution >= 4 is 12.1 Å². The number of rotatable bonds is 5. The largest absolute Gasteiger partial charge is 0.478 e. The van der Waals surface area contributed by atoms with Crippen LogP contribution in [0.1, 0.15) is 43.6 Å². The maximum Gasteiger partial charge on any atom is 0.410 e. The Morgan fingerprint density at radius 3 is 2.33 bits per heavy atom. The number of ether oxygens (including phenoxy) is 2. The molecule has 1 aromatic heterocycles. The van der Waals surface area contributed by atoms with Crippen molar-refractivity contribution in [1.82, 2.24) is 14.7 Å². The standard InChI is InChI=1S/C25H27N3O5/c1-25(2,3)33-24(31)27-14-13-18(15-27)28-16-21(23(29)30)22(26-28)17-9-11-20(12-10-17)32-19-7-5-4-6-8-19/h4-12,16,18H,13-15H2,1-3H3,(H,29,30)/t18-/m0/s1. The van der Waals surface area contributed by atoms with E-state index >= 15 is 0 Å². The van der Waals surface area contributed by atoms with Crippen LogP contribution in [0.25, 0.3) is 11.3 Å². The zero-order valence-electron chi connectivity index (χ0n) is 18.9. The first-order valence-corrected chi connectivity index (χ1v) is 10.8. The van der Waals surface area contributed by atoms with E-state index in [-0.39, 0.29) is 17.7 Å². The van der Waals surface area contributed by atoms with E-state index in [4.69, 9.17) is 9.47 Å². The van der Waals surface area contributed by atoms with E-state index < -0.39 is 11.6 Å². The van der Waals surface area contributed by atoms with Crippen molar-refractivity contribution in [1.29, 1.82) is 0 Å². The lowest BCUT2D eigenvalue weighted by Gasteiger charge is -2.24. The first kappa shape index (κ1) is 22.4. The summed E-state index contributed by atoms with van der Waals surface area (Å²) >= 11 is 0. The zero-order chi connectivity index (χ0) is 23.6. The van der Waals surface area contributed by atoms with Gasteiger partial charge in [0.2, 0.25) is 0 Å². The molecule has 1 aliphatic rings. The van der Waals surface area contributed by atoms with Crippen LogP contribution in [-0.4, -0.2) is 50.5 Å². The summed E-state index contributed by atoms with van der Waals surface area (Å²) in [4.78, 5) is 25.9. The van der Waals surface area contributed by atoms with Gasteiger partial charge in [-0.15, -0.1) is 0 Å². The molecule has 1 amide bonds. The molecule has 2 aromatic carbocycles. The van der Waals surface area contributed by atoms with Crippen molar-refractivity contribution in [3.63, 3.8) is 0 Å². The third kappa shape index (κ3) is 5.34. The van der Waals surface area contributed by atoms with Crippen molar-refractivity contribution in [2.75, 3.05) is 13.1 Å². The average Bonchev–Trinajstić information content (AvgIpc) is 3.42. The highest BCUT2D eigenvalue weighted by atomic mass is 16.6. The van der Waals surface area contributed by atoms with Crippen molar-refractivity contribution in [2.24, 2.45) is 0 Å². The van der Waals surface area contributed by atoms with Crippen molar-refractivity contribution in [2.45, 2.75) is 38.8 Å². The number of hydrogen-bond donors (Lipinski definition) is 1. The Kier molecular flexibility index (Phi) is 6.09. The van der Waals surface area contributed by atoms with Crippen LogP contribution in [0.3, 0.4) is 0 Å². The first-order chi connectivity index (χ1) is 15.7. The topological polar surface area (TPSA) is 93.9 Å². The molecule has 3 aromatic rings. The van der Waals surface area contributed by atoms with Gasteiger partial charge >= 0.3 is 12.1 Å².